The molecule has 0 aliphatic carbocycles. The van der Waals surface area contributed by atoms with Gasteiger partial charge in [0.1, 0.15) is 0 Å². The zero-order chi connectivity index (χ0) is 10.1. The summed E-state index contributed by atoms with van der Waals surface area (Å²) in [6.45, 7) is 3.81. The van der Waals surface area contributed by atoms with Crippen molar-refractivity contribution in [3.63, 3.8) is 0 Å². The molecule has 0 atom stereocenters. The maximum atomic E-state index is 5.23. The van der Waals surface area contributed by atoms with Crippen LogP contribution in [0.15, 0.2) is 24.3 Å². The lowest BCUT2D eigenvalue weighted by molar-refractivity contribution is 0.0401. The lowest BCUT2D eigenvalue weighted by Crippen LogP contribution is -2.18. The van der Waals surface area contributed by atoms with Gasteiger partial charge in [-0.2, -0.15) is 0 Å². The van der Waals surface area contributed by atoms with Crippen LogP contribution in [0.2, 0.25) is 0 Å². The second-order valence-electron chi connectivity index (χ2n) is 3.23. The Morgan fingerprint density at radius 1 is 1.43 bits per heavy atom. The molecule has 0 unspecified atom stereocenters. The minimum Gasteiger partial charge on any atom is -0.302 e. The molecule has 2 heteroatoms. The Labute approximate surface area is 86.2 Å². The van der Waals surface area contributed by atoms with Crippen LogP contribution in [0, 0.1) is 6.07 Å². The summed E-state index contributed by atoms with van der Waals surface area (Å²) < 4.78 is 0. The van der Waals surface area contributed by atoms with Gasteiger partial charge < -0.3 is 4.84 Å². The van der Waals surface area contributed by atoms with Crippen molar-refractivity contribution < 1.29 is 4.84 Å². The zero-order valence-electron chi connectivity index (χ0n) is 8.75. The quantitative estimate of drug-likeness (QED) is 0.529. The monoisotopic (exact) mass is 192 g/mol. The number of hydrogen-bond donors (Lipinski definition) is 1. The summed E-state index contributed by atoms with van der Waals surface area (Å²) in [6, 6.07) is 11.2. The first kappa shape index (κ1) is 11.2. The summed E-state index contributed by atoms with van der Waals surface area (Å²) in [5.74, 6) is 0. The Balaban J connectivity index is 1.99. The summed E-state index contributed by atoms with van der Waals surface area (Å²) in [4.78, 5) is 5.23. The maximum absolute atomic E-state index is 5.23. The summed E-state index contributed by atoms with van der Waals surface area (Å²) in [7, 11) is 0. The molecule has 0 fully saturated rings. The Kier molecular flexibility index (Phi) is 6.04. The molecule has 2 nitrogen and oxygen atoms in total. The van der Waals surface area contributed by atoms with E-state index >= 15 is 0 Å². The molecule has 0 amide bonds. The molecule has 0 spiro atoms. The predicted octanol–water partition coefficient (Wildman–Crippen LogP) is 2.35. The highest BCUT2D eigenvalue weighted by Crippen LogP contribution is 1.97. The van der Waals surface area contributed by atoms with Gasteiger partial charge in [0, 0.05) is 6.54 Å². The van der Waals surface area contributed by atoms with Gasteiger partial charge in [-0.15, -0.1) is 0 Å². The number of hydrogen-bond acceptors (Lipinski definition) is 2. The highest BCUT2D eigenvalue weighted by Gasteiger charge is 1.91. The summed E-state index contributed by atoms with van der Waals surface area (Å²) in [5.41, 5.74) is 4.17. The van der Waals surface area contributed by atoms with Crippen LogP contribution >= 0.6 is 0 Å². The van der Waals surface area contributed by atoms with Gasteiger partial charge in [0.05, 0.1) is 6.61 Å². The number of unbranched alkanes of at least 4 members (excludes halogenated alkanes) is 1. The topological polar surface area (TPSA) is 21.3 Å². The van der Waals surface area contributed by atoms with E-state index in [0.717, 1.165) is 26.0 Å². The highest BCUT2D eigenvalue weighted by molar-refractivity contribution is 5.13. The smallest absolute Gasteiger partial charge is 0.0682 e. The molecular formula is C12H18NO. The van der Waals surface area contributed by atoms with Crippen molar-refractivity contribution >= 4 is 0 Å². The van der Waals surface area contributed by atoms with Crippen molar-refractivity contribution in [1.29, 1.82) is 0 Å². The van der Waals surface area contributed by atoms with Gasteiger partial charge >= 0.3 is 0 Å². The van der Waals surface area contributed by atoms with Crippen molar-refractivity contribution in [1.82, 2.24) is 5.48 Å². The highest BCUT2D eigenvalue weighted by atomic mass is 16.6. The van der Waals surface area contributed by atoms with E-state index in [1.165, 1.54) is 12.0 Å². The summed E-state index contributed by atoms with van der Waals surface area (Å²) >= 11 is 0. The minimum atomic E-state index is 0.801. The van der Waals surface area contributed by atoms with Crippen molar-refractivity contribution in [3.05, 3.63) is 35.9 Å². The lowest BCUT2D eigenvalue weighted by Gasteiger charge is -2.04. The van der Waals surface area contributed by atoms with E-state index in [4.69, 9.17) is 4.84 Å². The number of nitrogens with one attached hydrogen (secondary N) is 1. The van der Waals surface area contributed by atoms with Crippen molar-refractivity contribution in [2.45, 2.75) is 26.2 Å². The molecule has 0 bridgehead atoms. The van der Waals surface area contributed by atoms with Gasteiger partial charge in [-0.05, 0) is 24.5 Å². The van der Waals surface area contributed by atoms with Crippen LogP contribution in [0.3, 0.4) is 0 Å². The Bertz CT molecular complexity index is 223. The molecule has 0 aliphatic rings. The molecule has 0 aromatic heterocycles. The average Bonchev–Trinajstić information content (AvgIpc) is 2.25. The summed E-state index contributed by atoms with van der Waals surface area (Å²) in [5, 5.41) is 0. The fourth-order valence-corrected chi connectivity index (χ4v) is 1.13. The van der Waals surface area contributed by atoms with Crippen LogP contribution < -0.4 is 5.48 Å². The second kappa shape index (κ2) is 7.54. The SMILES string of the molecule is CCCCONCCc1[c]cccc1. The Morgan fingerprint density at radius 2 is 2.36 bits per heavy atom. The molecule has 1 rings (SSSR count). The molecule has 1 aromatic carbocycles. The van der Waals surface area contributed by atoms with Crippen LogP contribution in [-0.4, -0.2) is 13.2 Å². The van der Waals surface area contributed by atoms with E-state index in [0.29, 0.717) is 0 Å². The number of benzene rings is 1. The largest absolute Gasteiger partial charge is 0.302 e. The van der Waals surface area contributed by atoms with E-state index in [-0.39, 0.29) is 0 Å². The first-order valence-corrected chi connectivity index (χ1v) is 5.23. The standard InChI is InChI=1S/C12H18NO/c1-2-3-11-14-13-10-9-12-7-5-4-6-8-12/h4-7,13H,2-3,9-11H2,1H3. The molecule has 0 heterocycles. The number of rotatable bonds is 7. The van der Waals surface area contributed by atoms with E-state index < -0.39 is 0 Å². The normalized spacial score (nSPS) is 10.4. The molecule has 14 heavy (non-hydrogen) atoms. The van der Waals surface area contributed by atoms with Crippen LogP contribution in [0.1, 0.15) is 25.3 Å². The Hall–Kier alpha value is -0.860. The van der Waals surface area contributed by atoms with E-state index in [9.17, 15) is 0 Å². The fraction of sp³-hybridized carbons (Fsp3) is 0.500. The first-order chi connectivity index (χ1) is 6.93. The van der Waals surface area contributed by atoms with Gasteiger partial charge in [0.25, 0.3) is 0 Å². The van der Waals surface area contributed by atoms with Gasteiger partial charge in [0.15, 0.2) is 0 Å². The average molecular weight is 192 g/mol. The van der Waals surface area contributed by atoms with Crippen LogP contribution in [0.4, 0.5) is 0 Å². The minimum absolute atomic E-state index is 0.801. The molecular weight excluding hydrogens is 174 g/mol. The Morgan fingerprint density at radius 3 is 3.07 bits per heavy atom. The lowest BCUT2D eigenvalue weighted by atomic mass is 10.2. The van der Waals surface area contributed by atoms with Crippen molar-refractivity contribution in [3.8, 4) is 0 Å². The van der Waals surface area contributed by atoms with Crippen molar-refractivity contribution in [2.75, 3.05) is 13.2 Å². The third kappa shape index (κ3) is 5.00. The van der Waals surface area contributed by atoms with E-state index in [2.05, 4.69) is 24.5 Å². The van der Waals surface area contributed by atoms with Crippen LogP contribution in [0.5, 0.6) is 0 Å². The third-order valence-corrected chi connectivity index (χ3v) is 1.97. The summed E-state index contributed by atoms with van der Waals surface area (Å²) in [6.07, 6.45) is 3.26. The number of hydroxylamine groups is 1. The van der Waals surface area contributed by atoms with Gasteiger partial charge in [-0.3, -0.25) is 0 Å². The fourth-order valence-electron chi connectivity index (χ4n) is 1.13. The van der Waals surface area contributed by atoms with E-state index in [1.54, 1.807) is 0 Å². The molecule has 0 saturated heterocycles. The van der Waals surface area contributed by atoms with Crippen molar-refractivity contribution in [2.24, 2.45) is 0 Å². The third-order valence-electron chi connectivity index (χ3n) is 1.97. The van der Waals surface area contributed by atoms with Gasteiger partial charge in [-0.25, -0.2) is 5.48 Å². The first-order valence-electron chi connectivity index (χ1n) is 5.23. The molecule has 1 aromatic rings. The maximum Gasteiger partial charge on any atom is 0.0682 e. The predicted molar refractivity (Wildman–Crippen MR) is 57.8 cm³/mol. The molecule has 1 N–H and O–H groups in total. The molecule has 77 valence electrons. The second-order valence-corrected chi connectivity index (χ2v) is 3.23. The van der Waals surface area contributed by atoms with Crippen LogP contribution in [0.25, 0.3) is 0 Å². The van der Waals surface area contributed by atoms with Crippen LogP contribution in [-0.2, 0) is 11.3 Å². The zero-order valence-corrected chi connectivity index (χ0v) is 8.75. The van der Waals surface area contributed by atoms with E-state index in [1.807, 2.05) is 18.2 Å². The molecule has 0 saturated carbocycles. The van der Waals surface area contributed by atoms with Gasteiger partial charge in [-0.1, -0.05) is 37.6 Å². The molecule has 1 radical (unpaired) electrons. The molecule has 0 aliphatic heterocycles. The van der Waals surface area contributed by atoms with Gasteiger partial charge in [0.2, 0.25) is 0 Å².